The summed E-state index contributed by atoms with van der Waals surface area (Å²) in [4.78, 5) is 17.5. The predicted molar refractivity (Wildman–Crippen MR) is 92.7 cm³/mol. The van der Waals surface area contributed by atoms with Crippen molar-refractivity contribution in [1.29, 1.82) is 0 Å². The summed E-state index contributed by atoms with van der Waals surface area (Å²) in [5.41, 5.74) is 2.26. The summed E-state index contributed by atoms with van der Waals surface area (Å²) in [6.07, 6.45) is 1.93. The van der Waals surface area contributed by atoms with E-state index in [0.717, 1.165) is 11.1 Å². The summed E-state index contributed by atoms with van der Waals surface area (Å²) >= 11 is 0. The van der Waals surface area contributed by atoms with Gasteiger partial charge in [-0.1, -0.05) is 26.0 Å². The van der Waals surface area contributed by atoms with Gasteiger partial charge in [-0.25, -0.2) is 14.2 Å². The number of pyridine rings is 1. The Hall–Kier alpha value is -2.63. The van der Waals surface area contributed by atoms with Crippen molar-refractivity contribution in [2.75, 3.05) is 11.5 Å². The van der Waals surface area contributed by atoms with Gasteiger partial charge in [0.2, 0.25) is 5.88 Å². The Morgan fingerprint density at radius 1 is 1.36 bits per heavy atom. The molecular formula is C19H21FN2O3. The van der Waals surface area contributed by atoms with Gasteiger partial charge in [-0.2, -0.15) is 0 Å². The van der Waals surface area contributed by atoms with Crippen LogP contribution in [0.3, 0.4) is 0 Å². The molecule has 3 rings (SSSR count). The lowest BCUT2D eigenvalue weighted by Crippen LogP contribution is -2.47. The summed E-state index contributed by atoms with van der Waals surface area (Å²) < 4.78 is 18.7. The number of amides is 1. The molecular weight excluding hydrogens is 323 g/mol. The lowest BCUT2D eigenvalue weighted by molar-refractivity contribution is 0.182. The maximum atomic E-state index is 13.0. The van der Waals surface area contributed by atoms with Crippen LogP contribution in [0.2, 0.25) is 0 Å². The number of hydrogen-bond donors (Lipinski definition) is 1. The van der Waals surface area contributed by atoms with Gasteiger partial charge in [0.15, 0.2) is 0 Å². The van der Waals surface area contributed by atoms with Gasteiger partial charge >= 0.3 is 6.09 Å². The highest BCUT2D eigenvalue weighted by atomic mass is 19.1. The van der Waals surface area contributed by atoms with Crippen molar-refractivity contribution in [3.8, 4) is 5.88 Å². The van der Waals surface area contributed by atoms with Crippen LogP contribution in [0.4, 0.5) is 14.9 Å². The summed E-state index contributed by atoms with van der Waals surface area (Å²) in [5.74, 6) is 0.409. The minimum Gasteiger partial charge on any atom is -0.474 e. The number of ether oxygens (including phenoxy) is 1. The van der Waals surface area contributed by atoms with Crippen molar-refractivity contribution in [1.82, 2.24) is 4.98 Å². The minimum absolute atomic E-state index is 0.229. The van der Waals surface area contributed by atoms with Crippen LogP contribution in [0.5, 0.6) is 5.88 Å². The molecule has 0 radical (unpaired) electrons. The van der Waals surface area contributed by atoms with Crippen molar-refractivity contribution in [2.45, 2.75) is 32.7 Å². The third-order valence-corrected chi connectivity index (χ3v) is 4.20. The van der Waals surface area contributed by atoms with E-state index in [9.17, 15) is 14.3 Å². The molecule has 1 amide bonds. The molecule has 5 nitrogen and oxygen atoms in total. The molecule has 0 bridgehead atoms. The molecule has 0 aliphatic carbocycles. The van der Waals surface area contributed by atoms with Crippen molar-refractivity contribution in [3.05, 3.63) is 53.5 Å². The number of carbonyl (C=O) groups is 1. The molecule has 2 heterocycles. The van der Waals surface area contributed by atoms with Gasteiger partial charge in [0.1, 0.15) is 18.1 Å². The first kappa shape index (κ1) is 17.2. The molecule has 0 fully saturated rings. The second-order valence-electron chi connectivity index (χ2n) is 6.72. The molecule has 2 aromatic rings. The molecule has 1 atom stereocenters. The number of fused-ring (bicyclic) bond motifs is 1. The fourth-order valence-corrected chi connectivity index (χ4v) is 3.12. The number of aromatic nitrogens is 1. The van der Waals surface area contributed by atoms with Gasteiger partial charge in [-0.05, 0) is 48.1 Å². The topological polar surface area (TPSA) is 62.7 Å². The first-order valence-corrected chi connectivity index (χ1v) is 8.32. The lowest BCUT2D eigenvalue weighted by atomic mass is 10.0. The van der Waals surface area contributed by atoms with Crippen LogP contribution >= 0.6 is 0 Å². The van der Waals surface area contributed by atoms with Crippen molar-refractivity contribution >= 4 is 11.8 Å². The standard InChI is InChI=1S/C19H21FN2O3/c1-12(2)7-16-11-25-18-17(22(16)19(23)24)9-14(10-21-18)8-13-3-5-15(20)6-4-13/h3-6,9-10,12,16H,7-8,11H2,1-2H3,(H,23,24)/t16-/m0/s1. The Morgan fingerprint density at radius 3 is 2.72 bits per heavy atom. The maximum Gasteiger partial charge on any atom is 0.412 e. The molecule has 1 aromatic carbocycles. The molecule has 6 heteroatoms. The van der Waals surface area contributed by atoms with Crippen LogP contribution < -0.4 is 9.64 Å². The molecule has 0 unspecified atom stereocenters. The number of benzene rings is 1. The van der Waals surface area contributed by atoms with E-state index in [0.29, 0.717) is 36.9 Å². The fourth-order valence-electron chi connectivity index (χ4n) is 3.12. The number of carboxylic acid groups (broad SMARTS) is 1. The van der Waals surface area contributed by atoms with Crippen molar-refractivity contribution in [3.63, 3.8) is 0 Å². The smallest absolute Gasteiger partial charge is 0.412 e. The zero-order chi connectivity index (χ0) is 18.0. The molecule has 132 valence electrons. The number of hydrogen-bond acceptors (Lipinski definition) is 3. The van der Waals surface area contributed by atoms with Gasteiger partial charge in [0.05, 0.1) is 6.04 Å². The van der Waals surface area contributed by atoms with E-state index in [1.165, 1.54) is 17.0 Å². The molecule has 1 aliphatic rings. The Morgan fingerprint density at radius 2 is 2.08 bits per heavy atom. The first-order chi connectivity index (χ1) is 11.9. The summed E-state index contributed by atoms with van der Waals surface area (Å²) in [7, 11) is 0. The third-order valence-electron chi connectivity index (χ3n) is 4.20. The first-order valence-electron chi connectivity index (χ1n) is 8.32. The number of halogens is 1. The Labute approximate surface area is 146 Å². The van der Waals surface area contributed by atoms with Crippen LogP contribution in [0, 0.1) is 11.7 Å². The van der Waals surface area contributed by atoms with E-state index in [2.05, 4.69) is 18.8 Å². The quantitative estimate of drug-likeness (QED) is 0.907. The Balaban J connectivity index is 1.90. The largest absolute Gasteiger partial charge is 0.474 e. The number of rotatable bonds is 4. The highest BCUT2D eigenvalue weighted by molar-refractivity contribution is 5.89. The average molecular weight is 344 g/mol. The minimum atomic E-state index is -1.00. The summed E-state index contributed by atoms with van der Waals surface area (Å²) in [6.45, 7) is 4.42. The van der Waals surface area contributed by atoms with Crippen molar-refractivity contribution in [2.24, 2.45) is 5.92 Å². The van der Waals surface area contributed by atoms with Crippen LogP contribution in [-0.4, -0.2) is 28.8 Å². The molecule has 1 N–H and O–H groups in total. The van der Waals surface area contributed by atoms with E-state index in [1.807, 2.05) is 0 Å². The van der Waals surface area contributed by atoms with E-state index in [1.54, 1.807) is 24.4 Å². The predicted octanol–water partition coefficient (Wildman–Crippen LogP) is 4.10. The Kier molecular flexibility index (Phi) is 4.88. The second kappa shape index (κ2) is 7.09. The maximum absolute atomic E-state index is 13.0. The van der Waals surface area contributed by atoms with Crippen LogP contribution in [0.1, 0.15) is 31.4 Å². The number of anilines is 1. The SMILES string of the molecule is CC(C)C[C@H]1COc2ncc(Cc3ccc(F)cc3)cc2N1C(=O)O. The molecule has 25 heavy (non-hydrogen) atoms. The van der Waals surface area contributed by atoms with Gasteiger partial charge in [0, 0.05) is 6.20 Å². The van der Waals surface area contributed by atoms with Gasteiger partial charge in [-0.15, -0.1) is 0 Å². The van der Waals surface area contributed by atoms with Crippen LogP contribution in [0.15, 0.2) is 36.5 Å². The Bertz CT molecular complexity index is 762. The zero-order valence-electron chi connectivity index (χ0n) is 14.3. The van der Waals surface area contributed by atoms with E-state index < -0.39 is 6.09 Å². The second-order valence-corrected chi connectivity index (χ2v) is 6.72. The molecule has 0 saturated carbocycles. The zero-order valence-corrected chi connectivity index (χ0v) is 14.3. The van der Waals surface area contributed by atoms with E-state index in [-0.39, 0.29) is 11.9 Å². The molecule has 1 aromatic heterocycles. The molecule has 1 aliphatic heterocycles. The average Bonchev–Trinajstić information content (AvgIpc) is 2.55. The van der Waals surface area contributed by atoms with Crippen molar-refractivity contribution < 1.29 is 19.0 Å². The molecule has 0 saturated heterocycles. The fraction of sp³-hybridized carbons (Fsp3) is 0.368. The van der Waals surface area contributed by atoms with Crippen LogP contribution in [-0.2, 0) is 6.42 Å². The highest BCUT2D eigenvalue weighted by Gasteiger charge is 2.33. The van der Waals surface area contributed by atoms with E-state index in [4.69, 9.17) is 4.74 Å². The van der Waals surface area contributed by atoms with Gasteiger partial charge < -0.3 is 9.84 Å². The number of nitrogens with zero attached hydrogens (tertiary/aromatic N) is 2. The monoisotopic (exact) mass is 344 g/mol. The molecule has 0 spiro atoms. The third kappa shape index (κ3) is 3.90. The van der Waals surface area contributed by atoms with Crippen LogP contribution in [0.25, 0.3) is 0 Å². The highest BCUT2D eigenvalue weighted by Crippen LogP contribution is 2.35. The normalized spacial score (nSPS) is 16.5. The van der Waals surface area contributed by atoms with E-state index >= 15 is 0 Å². The summed E-state index contributed by atoms with van der Waals surface area (Å²) in [5, 5.41) is 9.68. The van der Waals surface area contributed by atoms with Gasteiger partial charge in [-0.3, -0.25) is 4.90 Å². The van der Waals surface area contributed by atoms with Gasteiger partial charge in [0.25, 0.3) is 0 Å². The lowest BCUT2D eigenvalue weighted by Gasteiger charge is -2.35. The summed E-state index contributed by atoms with van der Waals surface area (Å²) in [6, 6.07) is 7.81.